The first-order valence-corrected chi connectivity index (χ1v) is 12.7. The first kappa shape index (κ1) is 23.2. The average Bonchev–Trinajstić information content (AvgIpc) is 2.73. The number of carbonyl (C=O) groups is 1. The van der Waals surface area contributed by atoms with Crippen LogP contribution in [-0.4, -0.2) is 45.7 Å². The molecule has 0 saturated heterocycles. The minimum atomic E-state index is 0.111. The SMILES string of the molecule is CNCCCOCCCc1ccc(Cl)c(C(=O)CNCC23CC4CC(CC(C4)C2)C3)c1. The quantitative estimate of drug-likeness (QED) is 0.334. The fourth-order valence-corrected chi connectivity index (χ4v) is 7.04. The van der Waals surface area contributed by atoms with E-state index in [9.17, 15) is 4.79 Å². The fourth-order valence-electron chi connectivity index (χ4n) is 6.82. The average molecular weight is 447 g/mol. The number of benzene rings is 1. The highest BCUT2D eigenvalue weighted by molar-refractivity contribution is 6.34. The molecule has 0 spiro atoms. The van der Waals surface area contributed by atoms with E-state index in [4.69, 9.17) is 16.3 Å². The van der Waals surface area contributed by atoms with Crippen molar-refractivity contribution in [3.05, 3.63) is 34.3 Å². The zero-order chi connectivity index (χ0) is 21.7. The van der Waals surface area contributed by atoms with Gasteiger partial charge in [0, 0.05) is 25.3 Å². The van der Waals surface area contributed by atoms with Crippen LogP contribution in [0.5, 0.6) is 0 Å². The van der Waals surface area contributed by atoms with E-state index < -0.39 is 0 Å². The summed E-state index contributed by atoms with van der Waals surface area (Å²) in [6.07, 6.45) is 11.4. The van der Waals surface area contributed by atoms with Crippen molar-refractivity contribution < 1.29 is 9.53 Å². The van der Waals surface area contributed by atoms with Gasteiger partial charge in [-0.1, -0.05) is 17.7 Å². The van der Waals surface area contributed by atoms with Crippen molar-refractivity contribution in [1.82, 2.24) is 10.6 Å². The van der Waals surface area contributed by atoms with Gasteiger partial charge in [0.15, 0.2) is 5.78 Å². The van der Waals surface area contributed by atoms with E-state index in [0.29, 0.717) is 22.5 Å². The number of ether oxygens (including phenoxy) is 1. The number of aryl methyl sites for hydroxylation is 1. The molecular weight excluding hydrogens is 408 g/mol. The molecule has 0 aromatic heterocycles. The second kappa shape index (κ2) is 10.8. The lowest BCUT2D eigenvalue weighted by Gasteiger charge is -2.57. The van der Waals surface area contributed by atoms with Gasteiger partial charge in [0.25, 0.3) is 0 Å². The minimum absolute atomic E-state index is 0.111. The molecule has 2 N–H and O–H groups in total. The van der Waals surface area contributed by atoms with Gasteiger partial charge in [-0.2, -0.15) is 0 Å². The predicted octanol–water partition coefficient (Wildman–Crippen LogP) is 4.89. The van der Waals surface area contributed by atoms with Crippen molar-refractivity contribution in [3.8, 4) is 0 Å². The summed E-state index contributed by atoms with van der Waals surface area (Å²) in [5.41, 5.74) is 2.27. The molecule has 1 aromatic rings. The van der Waals surface area contributed by atoms with E-state index in [2.05, 4.69) is 10.6 Å². The maximum atomic E-state index is 12.9. The number of carbonyl (C=O) groups excluding carboxylic acids is 1. The second-order valence-corrected chi connectivity index (χ2v) is 10.8. The third-order valence-electron chi connectivity index (χ3n) is 7.75. The van der Waals surface area contributed by atoms with Gasteiger partial charge in [-0.25, -0.2) is 0 Å². The van der Waals surface area contributed by atoms with Gasteiger partial charge in [-0.15, -0.1) is 0 Å². The van der Waals surface area contributed by atoms with Gasteiger partial charge in [0.2, 0.25) is 0 Å². The van der Waals surface area contributed by atoms with Gasteiger partial charge in [-0.3, -0.25) is 4.79 Å². The zero-order valence-corrected chi connectivity index (χ0v) is 19.8. The van der Waals surface area contributed by atoms with Crippen LogP contribution in [-0.2, 0) is 11.2 Å². The van der Waals surface area contributed by atoms with Crippen molar-refractivity contribution >= 4 is 17.4 Å². The fraction of sp³-hybridized carbons (Fsp3) is 0.731. The maximum Gasteiger partial charge on any atom is 0.178 e. The Balaban J connectivity index is 1.22. The molecule has 4 aliphatic carbocycles. The molecule has 1 aromatic carbocycles. The van der Waals surface area contributed by atoms with Crippen molar-refractivity contribution in [1.29, 1.82) is 0 Å². The molecule has 0 aliphatic heterocycles. The van der Waals surface area contributed by atoms with Crippen molar-refractivity contribution in [2.45, 2.75) is 57.8 Å². The third kappa shape index (κ3) is 6.10. The Bertz CT molecular complexity index is 716. The number of rotatable bonds is 13. The molecular formula is C26H39ClN2O2. The van der Waals surface area contributed by atoms with Crippen LogP contribution in [0.3, 0.4) is 0 Å². The second-order valence-electron chi connectivity index (χ2n) is 10.4. The Hall–Kier alpha value is -0.940. The van der Waals surface area contributed by atoms with Crippen LogP contribution in [0.1, 0.15) is 67.3 Å². The van der Waals surface area contributed by atoms with Crippen LogP contribution in [0, 0.1) is 23.2 Å². The molecule has 0 radical (unpaired) electrons. The molecule has 4 aliphatic rings. The summed E-state index contributed by atoms with van der Waals surface area (Å²) in [6, 6.07) is 5.89. The normalized spacial score (nSPS) is 28.9. The summed E-state index contributed by atoms with van der Waals surface area (Å²) in [4.78, 5) is 12.9. The maximum absolute atomic E-state index is 12.9. The topological polar surface area (TPSA) is 50.4 Å². The van der Waals surface area contributed by atoms with Gasteiger partial charge in [-0.05, 0) is 112 Å². The molecule has 172 valence electrons. The number of halogens is 1. The molecule has 4 fully saturated rings. The van der Waals surface area contributed by atoms with Crippen molar-refractivity contribution in [2.75, 3.05) is 39.9 Å². The predicted molar refractivity (Wildman–Crippen MR) is 127 cm³/mol. The largest absolute Gasteiger partial charge is 0.381 e. The smallest absolute Gasteiger partial charge is 0.178 e. The molecule has 31 heavy (non-hydrogen) atoms. The highest BCUT2D eigenvalue weighted by Gasteiger charge is 2.50. The number of nitrogens with one attached hydrogen (secondary N) is 2. The molecule has 0 heterocycles. The van der Waals surface area contributed by atoms with E-state index in [1.807, 2.05) is 25.2 Å². The van der Waals surface area contributed by atoms with Crippen LogP contribution < -0.4 is 10.6 Å². The van der Waals surface area contributed by atoms with E-state index in [1.165, 1.54) is 38.5 Å². The molecule has 0 amide bonds. The van der Waals surface area contributed by atoms with Crippen LogP contribution in [0.25, 0.3) is 0 Å². The van der Waals surface area contributed by atoms with Crippen molar-refractivity contribution in [2.24, 2.45) is 23.2 Å². The number of Topliss-reactive ketones (excluding diaryl/α,β-unsaturated/α-hetero) is 1. The zero-order valence-electron chi connectivity index (χ0n) is 19.1. The summed E-state index contributed by atoms with van der Waals surface area (Å²) in [5, 5.41) is 7.22. The standard InChI is InChI=1S/C26H39ClN2O2/c1-28-7-3-9-31-8-2-4-19-5-6-24(27)23(13-19)25(30)17-29-18-26-14-20-10-21(15-26)12-22(11-20)16-26/h5-6,13,20-22,28-29H,2-4,7-12,14-18H2,1H3. The van der Waals surface area contributed by atoms with E-state index in [-0.39, 0.29) is 5.78 Å². The Kier molecular flexibility index (Phi) is 8.08. The number of hydrogen-bond donors (Lipinski definition) is 2. The molecule has 4 nitrogen and oxygen atoms in total. The van der Waals surface area contributed by atoms with Crippen LogP contribution in [0.15, 0.2) is 18.2 Å². The third-order valence-corrected chi connectivity index (χ3v) is 8.08. The summed E-state index contributed by atoms with van der Waals surface area (Å²) < 4.78 is 5.67. The Labute approximate surface area is 192 Å². The monoisotopic (exact) mass is 446 g/mol. The van der Waals surface area contributed by atoms with Gasteiger partial charge in [0.1, 0.15) is 0 Å². The van der Waals surface area contributed by atoms with Gasteiger partial charge >= 0.3 is 0 Å². The lowest BCUT2D eigenvalue weighted by atomic mass is 9.49. The Morgan fingerprint density at radius 2 is 1.77 bits per heavy atom. The molecule has 0 unspecified atom stereocenters. The number of hydrogen-bond acceptors (Lipinski definition) is 4. The van der Waals surface area contributed by atoms with E-state index in [1.54, 1.807) is 0 Å². The molecule has 4 saturated carbocycles. The first-order valence-electron chi connectivity index (χ1n) is 12.3. The van der Waals surface area contributed by atoms with Crippen LogP contribution in [0.2, 0.25) is 5.02 Å². The molecule has 4 bridgehead atoms. The van der Waals surface area contributed by atoms with Crippen LogP contribution in [0.4, 0.5) is 0 Å². The summed E-state index contributed by atoms with van der Waals surface area (Å²) in [6.45, 7) is 3.91. The van der Waals surface area contributed by atoms with Crippen LogP contribution >= 0.6 is 11.6 Å². The molecule has 5 rings (SSSR count). The van der Waals surface area contributed by atoms with Gasteiger partial charge < -0.3 is 15.4 Å². The molecule has 5 heteroatoms. The highest BCUT2D eigenvalue weighted by Crippen LogP contribution is 2.59. The lowest BCUT2D eigenvalue weighted by molar-refractivity contribution is -0.0509. The Morgan fingerprint density at radius 3 is 2.45 bits per heavy atom. The summed E-state index contributed by atoms with van der Waals surface area (Å²) >= 11 is 6.38. The number of ketones is 1. The lowest BCUT2D eigenvalue weighted by Crippen LogP contribution is -2.50. The van der Waals surface area contributed by atoms with Crippen molar-refractivity contribution in [3.63, 3.8) is 0 Å². The van der Waals surface area contributed by atoms with Gasteiger partial charge in [0.05, 0.1) is 11.6 Å². The summed E-state index contributed by atoms with van der Waals surface area (Å²) in [5.74, 6) is 2.95. The van der Waals surface area contributed by atoms with E-state index >= 15 is 0 Å². The minimum Gasteiger partial charge on any atom is -0.381 e. The summed E-state index contributed by atoms with van der Waals surface area (Å²) in [7, 11) is 1.96. The Morgan fingerprint density at radius 1 is 1.10 bits per heavy atom. The first-order chi connectivity index (χ1) is 15.1. The van der Waals surface area contributed by atoms with E-state index in [0.717, 1.165) is 68.9 Å². The molecule has 0 atom stereocenters. The highest BCUT2D eigenvalue weighted by atomic mass is 35.5.